The molecule has 0 aliphatic rings. The zero-order valence-corrected chi connectivity index (χ0v) is 25.7. The third-order valence-corrected chi connectivity index (χ3v) is 9.19. The second-order valence-electron chi connectivity index (χ2n) is 9.61. The fourth-order valence-electron chi connectivity index (χ4n) is 4.21. The zero-order valence-electron chi connectivity index (χ0n) is 23.4. The number of amides is 2. The quantitative estimate of drug-likeness (QED) is 0.186. The van der Waals surface area contributed by atoms with Gasteiger partial charge in [0.2, 0.25) is 11.8 Å². The van der Waals surface area contributed by atoms with E-state index in [4.69, 9.17) is 23.2 Å². The molecule has 0 aliphatic heterocycles. The molecule has 3 aromatic rings. The summed E-state index contributed by atoms with van der Waals surface area (Å²) < 4.78 is 28.5. The summed E-state index contributed by atoms with van der Waals surface area (Å²) >= 11 is 12.3. The standard InChI is InChI=1S/C29H32Cl2N4O6S/c1-4-20(3)32-29(37)27(5-2)33(18-21-14-15-25(30)26(31)16-21)28(36)19-34(22-10-9-11-23(17-22)35(38)39)42(40,41)24-12-7-6-8-13-24/h6-17,20,27H,4-5,18-19H2,1-3H3,(H,32,37)/t20-,27-/m0/s1. The van der Waals surface area contributed by atoms with Crippen molar-refractivity contribution >= 4 is 56.4 Å². The summed E-state index contributed by atoms with van der Waals surface area (Å²) in [5.41, 5.74) is 0.147. The Hall–Kier alpha value is -3.67. The van der Waals surface area contributed by atoms with Crippen molar-refractivity contribution < 1.29 is 22.9 Å². The number of nitro groups is 1. The Balaban J connectivity index is 2.11. The Morgan fingerprint density at radius 3 is 2.24 bits per heavy atom. The van der Waals surface area contributed by atoms with Gasteiger partial charge in [-0.2, -0.15) is 0 Å². The fourth-order valence-corrected chi connectivity index (χ4v) is 5.95. The van der Waals surface area contributed by atoms with Gasteiger partial charge in [0, 0.05) is 24.7 Å². The second kappa shape index (κ2) is 14.5. The summed E-state index contributed by atoms with van der Waals surface area (Å²) in [7, 11) is -4.36. The Labute approximate surface area is 255 Å². The third kappa shape index (κ3) is 7.99. The molecule has 0 saturated carbocycles. The summed E-state index contributed by atoms with van der Waals surface area (Å²) in [6.07, 6.45) is 0.899. The van der Waals surface area contributed by atoms with Crippen molar-refractivity contribution in [2.24, 2.45) is 0 Å². The minimum Gasteiger partial charge on any atom is -0.352 e. The molecule has 42 heavy (non-hydrogen) atoms. The van der Waals surface area contributed by atoms with Gasteiger partial charge in [-0.15, -0.1) is 0 Å². The maximum atomic E-state index is 14.1. The molecule has 0 bridgehead atoms. The first kappa shape index (κ1) is 32.8. The minimum atomic E-state index is -4.36. The van der Waals surface area contributed by atoms with Crippen LogP contribution in [0.4, 0.5) is 11.4 Å². The van der Waals surface area contributed by atoms with Gasteiger partial charge < -0.3 is 10.2 Å². The van der Waals surface area contributed by atoms with E-state index in [1.807, 2.05) is 13.8 Å². The molecule has 0 heterocycles. The molecule has 1 N–H and O–H groups in total. The van der Waals surface area contributed by atoms with Crippen molar-refractivity contribution in [1.82, 2.24) is 10.2 Å². The number of hydrogen-bond donors (Lipinski definition) is 1. The molecule has 0 saturated heterocycles. The molecule has 224 valence electrons. The summed E-state index contributed by atoms with van der Waals surface area (Å²) in [5, 5.41) is 15.0. The van der Waals surface area contributed by atoms with Gasteiger partial charge >= 0.3 is 0 Å². The van der Waals surface area contributed by atoms with Crippen LogP contribution >= 0.6 is 23.2 Å². The highest BCUT2D eigenvalue weighted by Gasteiger charge is 2.34. The number of benzene rings is 3. The Morgan fingerprint density at radius 2 is 1.64 bits per heavy atom. The number of anilines is 1. The lowest BCUT2D eigenvalue weighted by Crippen LogP contribution is -2.53. The molecule has 3 rings (SSSR count). The van der Waals surface area contributed by atoms with Crippen LogP contribution in [0.15, 0.2) is 77.7 Å². The minimum absolute atomic E-state index is 0.0731. The average molecular weight is 636 g/mol. The molecule has 0 spiro atoms. The van der Waals surface area contributed by atoms with Crippen LogP contribution in [0.5, 0.6) is 0 Å². The zero-order chi connectivity index (χ0) is 31.0. The van der Waals surface area contributed by atoms with E-state index in [0.29, 0.717) is 17.0 Å². The van der Waals surface area contributed by atoms with E-state index >= 15 is 0 Å². The maximum Gasteiger partial charge on any atom is 0.271 e. The lowest BCUT2D eigenvalue weighted by molar-refractivity contribution is -0.384. The second-order valence-corrected chi connectivity index (χ2v) is 12.3. The molecule has 10 nitrogen and oxygen atoms in total. The number of nitro benzene ring substituents is 1. The van der Waals surface area contributed by atoms with Gasteiger partial charge in [-0.05, 0) is 55.7 Å². The molecule has 13 heteroatoms. The van der Waals surface area contributed by atoms with Crippen molar-refractivity contribution in [3.05, 3.63) is 98.5 Å². The summed E-state index contributed by atoms with van der Waals surface area (Å²) in [6.45, 7) is 4.69. The number of sulfonamides is 1. The molecule has 0 radical (unpaired) electrons. The van der Waals surface area contributed by atoms with E-state index in [-0.39, 0.29) is 40.3 Å². The van der Waals surface area contributed by atoms with Crippen molar-refractivity contribution in [2.45, 2.75) is 57.1 Å². The molecular formula is C29H32Cl2N4O6S. The Morgan fingerprint density at radius 1 is 0.952 bits per heavy atom. The van der Waals surface area contributed by atoms with Crippen LogP contribution in [0, 0.1) is 10.1 Å². The lowest BCUT2D eigenvalue weighted by Gasteiger charge is -2.33. The highest BCUT2D eigenvalue weighted by Crippen LogP contribution is 2.28. The normalized spacial score (nSPS) is 12.7. The third-order valence-electron chi connectivity index (χ3n) is 6.66. The molecule has 3 aromatic carbocycles. The van der Waals surface area contributed by atoms with E-state index in [2.05, 4.69) is 5.32 Å². The average Bonchev–Trinajstić information content (AvgIpc) is 2.97. The van der Waals surface area contributed by atoms with Gasteiger partial charge in [-0.3, -0.25) is 24.0 Å². The summed E-state index contributed by atoms with van der Waals surface area (Å²) in [6, 6.07) is 16.1. The van der Waals surface area contributed by atoms with Crippen LogP contribution in [0.2, 0.25) is 10.0 Å². The predicted octanol–water partition coefficient (Wildman–Crippen LogP) is 5.82. The van der Waals surface area contributed by atoms with Gasteiger partial charge in [0.25, 0.3) is 15.7 Å². The van der Waals surface area contributed by atoms with Crippen LogP contribution < -0.4 is 9.62 Å². The van der Waals surface area contributed by atoms with E-state index in [1.165, 1.54) is 47.4 Å². The van der Waals surface area contributed by atoms with E-state index in [0.717, 1.165) is 10.4 Å². The number of carbonyl (C=O) groups is 2. The van der Waals surface area contributed by atoms with Crippen LogP contribution in [0.1, 0.15) is 39.2 Å². The molecule has 0 unspecified atom stereocenters. The Kier molecular flexibility index (Phi) is 11.3. The summed E-state index contributed by atoms with van der Waals surface area (Å²) in [5.74, 6) is -1.09. The first-order valence-corrected chi connectivity index (χ1v) is 15.4. The largest absolute Gasteiger partial charge is 0.352 e. The van der Waals surface area contributed by atoms with Crippen LogP contribution in [0.3, 0.4) is 0 Å². The van der Waals surface area contributed by atoms with Gasteiger partial charge in [0.05, 0.1) is 25.6 Å². The number of carbonyl (C=O) groups excluding carboxylic acids is 2. The number of nitrogens with one attached hydrogen (secondary N) is 1. The number of rotatable bonds is 13. The smallest absolute Gasteiger partial charge is 0.271 e. The number of hydrogen-bond acceptors (Lipinski definition) is 6. The van der Waals surface area contributed by atoms with Crippen molar-refractivity contribution in [3.63, 3.8) is 0 Å². The lowest BCUT2D eigenvalue weighted by atomic mass is 10.1. The number of nitrogens with zero attached hydrogens (tertiary/aromatic N) is 3. The molecule has 2 atom stereocenters. The van der Waals surface area contributed by atoms with Crippen molar-refractivity contribution in [3.8, 4) is 0 Å². The molecule has 0 aromatic heterocycles. The highest BCUT2D eigenvalue weighted by molar-refractivity contribution is 7.92. The van der Waals surface area contributed by atoms with Crippen molar-refractivity contribution in [1.29, 1.82) is 0 Å². The van der Waals surface area contributed by atoms with E-state index in [1.54, 1.807) is 31.2 Å². The number of non-ortho nitro benzene ring substituents is 1. The van der Waals surface area contributed by atoms with Gasteiger partial charge in [0.15, 0.2) is 0 Å². The monoisotopic (exact) mass is 634 g/mol. The predicted molar refractivity (Wildman–Crippen MR) is 163 cm³/mol. The van der Waals surface area contributed by atoms with Gasteiger partial charge in [-0.1, -0.05) is 67.4 Å². The van der Waals surface area contributed by atoms with Crippen LogP contribution in [-0.2, 0) is 26.2 Å². The first-order valence-electron chi connectivity index (χ1n) is 13.2. The maximum absolute atomic E-state index is 14.1. The van der Waals surface area contributed by atoms with E-state index in [9.17, 15) is 28.1 Å². The molecule has 0 fully saturated rings. The summed E-state index contributed by atoms with van der Waals surface area (Å²) in [4.78, 5) is 39.4. The first-order chi connectivity index (χ1) is 19.9. The molecular weight excluding hydrogens is 603 g/mol. The fraction of sp³-hybridized carbons (Fsp3) is 0.310. The molecule has 2 amide bonds. The van der Waals surface area contributed by atoms with Crippen LogP contribution in [0.25, 0.3) is 0 Å². The SMILES string of the molecule is CC[C@H](C)NC(=O)[C@H](CC)N(Cc1ccc(Cl)c(Cl)c1)C(=O)CN(c1cccc([N+](=O)[O-])c1)S(=O)(=O)c1ccccc1. The Bertz CT molecular complexity index is 1540. The highest BCUT2D eigenvalue weighted by atomic mass is 35.5. The van der Waals surface area contributed by atoms with Gasteiger partial charge in [-0.25, -0.2) is 8.42 Å². The van der Waals surface area contributed by atoms with Gasteiger partial charge in [0.1, 0.15) is 12.6 Å². The number of halogens is 2. The topological polar surface area (TPSA) is 130 Å². The van der Waals surface area contributed by atoms with Crippen molar-refractivity contribution in [2.75, 3.05) is 10.8 Å². The van der Waals surface area contributed by atoms with E-state index < -0.39 is 39.3 Å². The van der Waals surface area contributed by atoms with Crippen LogP contribution in [-0.4, -0.2) is 48.7 Å². The molecule has 0 aliphatic carbocycles.